The molecule has 1 unspecified atom stereocenters. The molecule has 2 saturated heterocycles. The largest absolute Gasteiger partial charge is 0.378 e. The first-order valence-corrected chi connectivity index (χ1v) is 9.87. The van der Waals surface area contributed by atoms with E-state index in [4.69, 9.17) is 14.5 Å². The van der Waals surface area contributed by atoms with Gasteiger partial charge in [-0.2, -0.15) is 0 Å². The smallest absolute Gasteiger partial charge is 0.254 e. The molecule has 6 nitrogen and oxygen atoms in total. The summed E-state index contributed by atoms with van der Waals surface area (Å²) in [5.41, 5.74) is 2.42. The molecule has 2 aromatic rings. The highest BCUT2D eigenvalue weighted by Gasteiger charge is 2.26. The van der Waals surface area contributed by atoms with Gasteiger partial charge in [-0.25, -0.2) is 4.98 Å². The molecule has 0 radical (unpaired) electrons. The number of pyridine rings is 1. The summed E-state index contributed by atoms with van der Waals surface area (Å²) in [4.78, 5) is 22.3. The third kappa shape index (κ3) is 3.98. The third-order valence-corrected chi connectivity index (χ3v) is 5.28. The summed E-state index contributed by atoms with van der Waals surface area (Å²) in [7, 11) is 0. The number of nitrogens with zero attached hydrogens (tertiary/aromatic N) is 3. The topological polar surface area (TPSA) is 54.9 Å². The maximum absolute atomic E-state index is 13.2. The Bertz CT molecular complexity index is 802. The molecule has 1 atom stereocenters. The molecule has 144 valence electrons. The van der Waals surface area contributed by atoms with Crippen LogP contribution in [-0.4, -0.2) is 73.2 Å². The van der Waals surface area contributed by atoms with Crippen molar-refractivity contribution in [3.8, 4) is 0 Å². The number of carbonyl (C=O) groups excluding carboxylic acids is 1. The predicted octanol–water partition coefficient (Wildman–Crippen LogP) is 2.49. The fraction of sp³-hybridized carbons (Fsp3) is 0.524. The second-order valence-corrected chi connectivity index (χ2v) is 7.18. The van der Waals surface area contributed by atoms with Crippen LogP contribution in [0.3, 0.4) is 0 Å². The lowest BCUT2D eigenvalue weighted by molar-refractivity contribution is -0.0318. The Balaban J connectivity index is 1.69. The van der Waals surface area contributed by atoms with E-state index in [0.717, 1.165) is 42.7 Å². The summed E-state index contributed by atoms with van der Waals surface area (Å²) < 4.78 is 11.4. The number of aromatic nitrogens is 1. The van der Waals surface area contributed by atoms with Gasteiger partial charge >= 0.3 is 0 Å². The normalized spacial score (nSPS) is 21.5. The zero-order valence-corrected chi connectivity index (χ0v) is 15.9. The second-order valence-electron chi connectivity index (χ2n) is 7.18. The summed E-state index contributed by atoms with van der Waals surface area (Å²) in [6.45, 7) is 8.20. The Kier molecular flexibility index (Phi) is 5.66. The van der Waals surface area contributed by atoms with E-state index in [1.807, 2.05) is 35.2 Å². The number of carbonyl (C=O) groups is 1. The quantitative estimate of drug-likeness (QED) is 0.829. The van der Waals surface area contributed by atoms with Gasteiger partial charge in [-0.05, 0) is 25.1 Å². The molecular formula is C21H27N3O3. The minimum absolute atomic E-state index is 0.0550. The number of rotatable bonds is 4. The average Bonchev–Trinajstić information content (AvgIpc) is 2.73. The lowest BCUT2D eigenvalue weighted by atomic mass is 10.0. The van der Waals surface area contributed by atoms with E-state index in [2.05, 4.69) is 11.8 Å². The van der Waals surface area contributed by atoms with Crippen LogP contribution in [0.15, 0.2) is 30.3 Å². The van der Waals surface area contributed by atoms with Crippen LogP contribution in [-0.2, 0) is 9.47 Å². The predicted molar refractivity (Wildman–Crippen MR) is 104 cm³/mol. The van der Waals surface area contributed by atoms with Crippen molar-refractivity contribution in [1.82, 2.24) is 14.8 Å². The fourth-order valence-electron chi connectivity index (χ4n) is 3.88. The van der Waals surface area contributed by atoms with Crippen molar-refractivity contribution in [2.45, 2.75) is 19.4 Å². The molecular weight excluding hydrogens is 342 g/mol. The first-order chi connectivity index (χ1) is 13.3. The highest BCUT2D eigenvalue weighted by molar-refractivity contribution is 6.06. The molecule has 1 aromatic carbocycles. The molecule has 0 saturated carbocycles. The lowest BCUT2D eigenvalue weighted by Gasteiger charge is -2.33. The second kappa shape index (κ2) is 8.33. The standard InChI is InChI=1S/C21H27N3O3/c1-2-7-23-8-13-27-20(15-23)19-14-17(16-5-3-4-6-18(16)22-19)21(25)24-9-11-26-12-10-24/h3-6,14,20H,2,7-13,15H2,1H3. The highest BCUT2D eigenvalue weighted by atomic mass is 16.5. The lowest BCUT2D eigenvalue weighted by Crippen LogP contribution is -2.41. The number of benzene rings is 1. The first kappa shape index (κ1) is 18.3. The van der Waals surface area contributed by atoms with Crippen LogP contribution in [0.1, 0.15) is 35.5 Å². The number of ether oxygens (including phenoxy) is 2. The Hall–Kier alpha value is -2.02. The minimum atomic E-state index is -0.0915. The number of hydrogen-bond acceptors (Lipinski definition) is 5. The van der Waals surface area contributed by atoms with E-state index in [0.29, 0.717) is 38.5 Å². The van der Waals surface area contributed by atoms with Crippen molar-refractivity contribution in [2.75, 3.05) is 52.5 Å². The molecule has 0 spiro atoms. The zero-order valence-electron chi connectivity index (χ0n) is 15.9. The molecule has 0 N–H and O–H groups in total. The van der Waals surface area contributed by atoms with Gasteiger partial charge in [0.1, 0.15) is 6.10 Å². The summed E-state index contributed by atoms with van der Waals surface area (Å²) in [5, 5.41) is 0.902. The molecule has 3 heterocycles. The molecule has 1 aromatic heterocycles. The molecule has 0 bridgehead atoms. The number of fused-ring (bicyclic) bond motifs is 1. The van der Waals surface area contributed by atoms with Crippen LogP contribution < -0.4 is 0 Å². The van der Waals surface area contributed by atoms with Crippen LogP contribution in [0.5, 0.6) is 0 Å². The van der Waals surface area contributed by atoms with Crippen molar-refractivity contribution in [2.24, 2.45) is 0 Å². The van der Waals surface area contributed by atoms with Gasteiger partial charge in [-0.3, -0.25) is 9.69 Å². The van der Waals surface area contributed by atoms with Crippen LogP contribution >= 0.6 is 0 Å². The van der Waals surface area contributed by atoms with Gasteiger partial charge in [-0.15, -0.1) is 0 Å². The molecule has 2 aliphatic heterocycles. The van der Waals surface area contributed by atoms with Gasteiger partial charge in [0.2, 0.25) is 0 Å². The van der Waals surface area contributed by atoms with E-state index in [1.54, 1.807) is 0 Å². The van der Waals surface area contributed by atoms with E-state index in [-0.39, 0.29) is 12.0 Å². The van der Waals surface area contributed by atoms with Crippen LogP contribution in [0.2, 0.25) is 0 Å². The minimum Gasteiger partial charge on any atom is -0.378 e. The van der Waals surface area contributed by atoms with Crippen molar-refractivity contribution >= 4 is 16.8 Å². The Labute approximate surface area is 160 Å². The van der Waals surface area contributed by atoms with Crippen molar-refractivity contribution in [3.05, 3.63) is 41.6 Å². The van der Waals surface area contributed by atoms with Gasteiger partial charge < -0.3 is 14.4 Å². The van der Waals surface area contributed by atoms with Gasteiger partial charge in [0.15, 0.2) is 0 Å². The van der Waals surface area contributed by atoms with Crippen molar-refractivity contribution < 1.29 is 14.3 Å². The molecule has 6 heteroatoms. The Morgan fingerprint density at radius 2 is 2.00 bits per heavy atom. The third-order valence-electron chi connectivity index (χ3n) is 5.28. The molecule has 1 amide bonds. The van der Waals surface area contributed by atoms with E-state index in [9.17, 15) is 4.79 Å². The first-order valence-electron chi connectivity index (χ1n) is 9.87. The summed E-state index contributed by atoms with van der Waals surface area (Å²) >= 11 is 0. The maximum Gasteiger partial charge on any atom is 0.254 e. The van der Waals surface area contributed by atoms with Crippen LogP contribution in [0.4, 0.5) is 0 Å². The van der Waals surface area contributed by atoms with Crippen LogP contribution in [0.25, 0.3) is 10.9 Å². The number of para-hydroxylation sites is 1. The Morgan fingerprint density at radius 1 is 1.19 bits per heavy atom. The number of amides is 1. The van der Waals surface area contributed by atoms with E-state index < -0.39 is 0 Å². The highest BCUT2D eigenvalue weighted by Crippen LogP contribution is 2.27. The number of morpholine rings is 2. The summed E-state index contributed by atoms with van der Waals surface area (Å²) in [6.07, 6.45) is 1.03. The molecule has 27 heavy (non-hydrogen) atoms. The van der Waals surface area contributed by atoms with Crippen molar-refractivity contribution in [1.29, 1.82) is 0 Å². The molecule has 0 aliphatic carbocycles. The zero-order chi connectivity index (χ0) is 18.6. The van der Waals surface area contributed by atoms with E-state index >= 15 is 0 Å². The summed E-state index contributed by atoms with van der Waals surface area (Å²) in [5.74, 6) is 0.0550. The van der Waals surface area contributed by atoms with E-state index in [1.165, 1.54) is 0 Å². The average molecular weight is 369 g/mol. The molecule has 2 aliphatic rings. The van der Waals surface area contributed by atoms with Gasteiger partial charge in [0.25, 0.3) is 5.91 Å². The summed E-state index contributed by atoms with van der Waals surface area (Å²) in [6, 6.07) is 9.82. The Morgan fingerprint density at radius 3 is 2.81 bits per heavy atom. The monoisotopic (exact) mass is 369 g/mol. The maximum atomic E-state index is 13.2. The fourth-order valence-corrected chi connectivity index (χ4v) is 3.88. The number of hydrogen-bond donors (Lipinski definition) is 0. The molecule has 2 fully saturated rings. The van der Waals surface area contributed by atoms with Gasteiger partial charge in [-0.1, -0.05) is 25.1 Å². The van der Waals surface area contributed by atoms with Gasteiger partial charge in [0.05, 0.1) is 36.6 Å². The van der Waals surface area contributed by atoms with Crippen molar-refractivity contribution in [3.63, 3.8) is 0 Å². The SMILES string of the molecule is CCCN1CCOC(c2cc(C(=O)N3CCOCC3)c3ccccc3n2)C1. The molecule has 4 rings (SSSR count). The van der Waals surface area contributed by atoms with Crippen LogP contribution in [0, 0.1) is 0 Å². The van der Waals surface area contributed by atoms with Gasteiger partial charge in [0, 0.05) is 31.6 Å².